The van der Waals surface area contributed by atoms with E-state index in [4.69, 9.17) is 5.11 Å². The normalized spacial score (nSPS) is 9.42. The van der Waals surface area contributed by atoms with Crippen LogP contribution in [0.4, 0.5) is 0 Å². The fourth-order valence-corrected chi connectivity index (χ4v) is 0.963. The molecule has 0 aliphatic heterocycles. The highest BCUT2D eigenvalue weighted by Crippen LogP contribution is 2.12. The topological polar surface area (TPSA) is 50.2 Å². The van der Waals surface area contributed by atoms with Crippen molar-refractivity contribution < 1.29 is 9.90 Å². The Hall–Kier alpha value is -1.64. The summed E-state index contributed by atoms with van der Waals surface area (Å²) < 4.78 is 0. The lowest BCUT2D eigenvalue weighted by atomic mass is 10.1. The molecule has 1 aromatic heterocycles. The lowest BCUT2D eigenvalue weighted by Gasteiger charge is -2.02. The third-order valence-corrected chi connectivity index (χ3v) is 1.70. The van der Waals surface area contributed by atoms with Crippen LogP contribution in [0, 0.1) is 6.92 Å². The van der Waals surface area contributed by atoms with Crippen LogP contribution in [0.2, 0.25) is 0 Å². The van der Waals surface area contributed by atoms with E-state index >= 15 is 0 Å². The fourth-order valence-electron chi connectivity index (χ4n) is 0.963. The molecule has 3 heteroatoms. The van der Waals surface area contributed by atoms with Gasteiger partial charge in [0.2, 0.25) is 0 Å². The number of pyridine rings is 1. The maximum atomic E-state index is 10.6. The van der Waals surface area contributed by atoms with E-state index in [2.05, 4.69) is 11.6 Å². The second kappa shape index (κ2) is 3.17. The summed E-state index contributed by atoms with van der Waals surface area (Å²) in [5.74, 6) is -0.955. The molecule has 0 spiro atoms. The van der Waals surface area contributed by atoms with Gasteiger partial charge in [-0.3, -0.25) is 4.98 Å². The summed E-state index contributed by atoms with van der Waals surface area (Å²) in [7, 11) is 0. The monoisotopic (exact) mass is 163 g/mol. The Morgan fingerprint density at radius 1 is 1.67 bits per heavy atom. The van der Waals surface area contributed by atoms with Crippen LogP contribution >= 0.6 is 0 Å². The second-order valence-electron chi connectivity index (χ2n) is 2.41. The van der Waals surface area contributed by atoms with E-state index in [0.29, 0.717) is 5.56 Å². The minimum atomic E-state index is -0.955. The van der Waals surface area contributed by atoms with Gasteiger partial charge in [0.15, 0.2) is 0 Å². The van der Waals surface area contributed by atoms with Crippen molar-refractivity contribution in [1.29, 1.82) is 0 Å². The summed E-state index contributed by atoms with van der Waals surface area (Å²) in [6.45, 7) is 5.30. The van der Waals surface area contributed by atoms with E-state index in [9.17, 15) is 4.79 Å². The molecule has 0 amide bonds. The lowest BCUT2D eigenvalue weighted by Crippen LogP contribution is -2.01. The molecule has 3 nitrogen and oxygen atoms in total. The molecular weight excluding hydrogens is 154 g/mol. The van der Waals surface area contributed by atoms with Gasteiger partial charge in [-0.1, -0.05) is 12.7 Å². The molecule has 0 unspecified atom stereocenters. The zero-order valence-electron chi connectivity index (χ0n) is 6.74. The van der Waals surface area contributed by atoms with E-state index in [0.717, 1.165) is 5.56 Å². The summed E-state index contributed by atoms with van der Waals surface area (Å²) in [5, 5.41) is 8.71. The predicted molar refractivity (Wildman–Crippen MR) is 46.0 cm³/mol. The minimum Gasteiger partial charge on any atom is -0.478 e. The molecule has 1 heterocycles. The van der Waals surface area contributed by atoms with Crippen LogP contribution in [0.15, 0.2) is 19.0 Å². The largest absolute Gasteiger partial charge is 0.478 e. The van der Waals surface area contributed by atoms with Crippen molar-refractivity contribution >= 4 is 12.0 Å². The summed E-state index contributed by atoms with van der Waals surface area (Å²) >= 11 is 0. The van der Waals surface area contributed by atoms with Gasteiger partial charge < -0.3 is 5.11 Å². The van der Waals surface area contributed by atoms with E-state index in [1.807, 2.05) is 0 Å². The molecule has 0 aliphatic rings. The third-order valence-electron chi connectivity index (χ3n) is 1.70. The number of carbonyl (C=O) groups is 1. The Morgan fingerprint density at radius 3 is 2.83 bits per heavy atom. The van der Waals surface area contributed by atoms with Crippen molar-refractivity contribution in [1.82, 2.24) is 4.98 Å². The van der Waals surface area contributed by atoms with Gasteiger partial charge in [-0.15, -0.1) is 0 Å². The van der Waals surface area contributed by atoms with Gasteiger partial charge in [-0.2, -0.15) is 0 Å². The van der Waals surface area contributed by atoms with Gasteiger partial charge in [-0.25, -0.2) is 4.79 Å². The number of carboxylic acids is 1. The van der Waals surface area contributed by atoms with Crippen LogP contribution in [0.1, 0.15) is 21.5 Å². The molecule has 62 valence electrons. The van der Waals surface area contributed by atoms with Gasteiger partial charge in [-0.05, 0) is 18.1 Å². The van der Waals surface area contributed by atoms with Crippen LogP contribution in [0.25, 0.3) is 6.08 Å². The maximum absolute atomic E-state index is 10.6. The highest BCUT2D eigenvalue weighted by atomic mass is 16.4. The highest BCUT2D eigenvalue weighted by molar-refractivity contribution is 5.89. The summed E-state index contributed by atoms with van der Waals surface area (Å²) in [5.41, 5.74) is 1.69. The van der Waals surface area contributed by atoms with Gasteiger partial charge in [0.1, 0.15) is 0 Å². The average molecular weight is 163 g/mol. The van der Waals surface area contributed by atoms with Crippen LogP contribution in [-0.4, -0.2) is 16.1 Å². The van der Waals surface area contributed by atoms with Gasteiger partial charge in [0, 0.05) is 12.4 Å². The van der Waals surface area contributed by atoms with E-state index in [1.54, 1.807) is 19.2 Å². The first kappa shape index (κ1) is 8.46. The fraction of sp³-hybridized carbons (Fsp3) is 0.111. The second-order valence-corrected chi connectivity index (χ2v) is 2.41. The third kappa shape index (κ3) is 1.34. The first-order chi connectivity index (χ1) is 5.66. The summed E-state index contributed by atoms with van der Waals surface area (Å²) in [6.07, 6.45) is 4.52. The van der Waals surface area contributed by atoms with E-state index in [-0.39, 0.29) is 5.56 Å². The molecule has 1 N–H and O–H groups in total. The zero-order chi connectivity index (χ0) is 9.14. The van der Waals surface area contributed by atoms with Crippen LogP contribution in [0.3, 0.4) is 0 Å². The molecule has 0 fully saturated rings. The predicted octanol–water partition coefficient (Wildman–Crippen LogP) is 1.73. The molecule has 0 atom stereocenters. The van der Waals surface area contributed by atoms with Crippen molar-refractivity contribution in [3.63, 3.8) is 0 Å². The number of carboxylic acid groups (broad SMARTS) is 1. The average Bonchev–Trinajstić information content (AvgIpc) is 2.04. The highest BCUT2D eigenvalue weighted by Gasteiger charge is 2.08. The molecule has 0 aromatic carbocycles. The molecule has 12 heavy (non-hydrogen) atoms. The first-order valence-electron chi connectivity index (χ1n) is 3.47. The number of aromatic carboxylic acids is 1. The number of hydrogen-bond acceptors (Lipinski definition) is 2. The first-order valence-corrected chi connectivity index (χ1v) is 3.47. The van der Waals surface area contributed by atoms with Gasteiger partial charge in [0.25, 0.3) is 0 Å². The number of nitrogens with zero attached hydrogens (tertiary/aromatic N) is 1. The Labute approximate surface area is 70.4 Å². The SMILES string of the molecule is C=Cc1cncc(C(=O)O)c1C. The van der Waals surface area contributed by atoms with Crippen LogP contribution in [-0.2, 0) is 0 Å². The molecule has 0 aliphatic carbocycles. The van der Waals surface area contributed by atoms with E-state index < -0.39 is 5.97 Å². The minimum absolute atomic E-state index is 0.229. The Kier molecular flexibility index (Phi) is 2.24. The Balaban J connectivity index is 3.32. The quantitative estimate of drug-likeness (QED) is 0.722. The summed E-state index contributed by atoms with van der Waals surface area (Å²) in [6, 6.07) is 0. The molecule has 1 aromatic rings. The van der Waals surface area contributed by atoms with Crippen LogP contribution < -0.4 is 0 Å². The Morgan fingerprint density at radius 2 is 2.33 bits per heavy atom. The van der Waals surface area contributed by atoms with Gasteiger partial charge >= 0.3 is 5.97 Å². The van der Waals surface area contributed by atoms with Crippen molar-refractivity contribution in [2.75, 3.05) is 0 Å². The van der Waals surface area contributed by atoms with E-state index in [1.165, 1.54) is 6.20 Å². The van der Waals surface area contributed by atoms with Crippen LogP contribution in [0.5, 0.6) is 0 Å². The molecule has 1 rings (SSSR count). The molecular formula is C9H9NO2. The zero-order valence-corrected chi connectivity index (χ0v) is 6.74. The lowest BCUT2D eigenvalue weighted by molar-refractivity contribution is 0.0695. The molecule has 0 saturated carbocycles. The molecule has 0 bridgehead atoms. The van der Waals surface area contributed by atoms with Gasteiger partial charge in [0.05, 0.1) is 5.56 Å². The number of hydrogen-bond donors (Lipinski definition) is 1. The maximum Gasteiger partial charge on any atom is 0.337 e. The van der Waals surface area contributed by atoms with Crippen molar-refractivity contribution in [2.45, 2.75) is 6.92 Å². The van der Waals surface area contributed by atoms with Crippen molar-refractivity contribution in [2.24, 2.45) is 0 Å². The molecule has 0 radical (unpaired) electrons. The summed E-state index contributed by atoms with van der Waals surface area (Å²) in [4.78, 5) is 14.4. The van der Waals surface area contributed by atoms with Crippen molar-refractivity contribution in [3.05, 3.63) is 35.7 Å². The Bertz CT molecular complexity index is 331. The molecule has 0 saturated heterocycles. The number of aromatic nitrogens is 1. The smallest absolute Gasteiger partial charge is 0.337 e. The number of rotatable bonds is 2. The van der Waals surface area contributed by atoms with Crippen molar-refractivity contribution in [3.8, 4) is 0 Å². The standard InChI is InChI=1S/C9H9NO2/c1-3-7-4-10-5-8(6(7)2)9(11)12/h3-5H,1H2,2H3,(H,11,12).